The van der Waals surface area contributed by atoms with Crippen molar-refractivity contribution in [2.45, 2.75) is 38.5 Å². The SMILES string of the molecule is Cc1cc(C)c(O)c(C2NNC3C(=O)N(Cc4cccnc4)C(c4cccc(Oc5ccccc5)c4)C32)c1. The molecule has 1 amide bonds. The first-order valence-electron chi connectivity index (χ1n) is 12.8. The summed E-state index contributed by atoms with van der Waals surface area (Å²) < 4.78 is 6.15. The van der Waals surface area contributed by atoms with Gasteiger partial charge in [-0.3, -0.25) is 9.78 Å². The Morgan fingerprint density at radius 3 is 2.50 bits per heavy atom. The van der Waals surface area contributed by atoms with Gasteiger partial charge in [0.15, 0.2) is 0 Å². The maximum Gasteiger partial charge on any atom is 0.242 e. The maximum absolute atomic E-state index is 13.9. The molecule has 4 unspecified atom stereocenters. The predicted molar refractivity (Wildman–Crippen MR) is 144 cm³/mol. The molecule has 0 spiro atoms. The number of hydrogen-bond donors (Lipinski definition) is 3. The maximum atomic E-state index is 13.9. The van der Waals surface area contributed by atoms with Gasteiger partial charge >= 0.3 is 0 Å². The number of fused-ring (bicyclic) bond motifs is 1. The van der Waals surface area contributed by atoms with E-state index >= 15 is 0 Å². The molecule has 0 saturated carbocycles. The molecule has 2 aliphatic rings. The number of phenols is 1. The van der Waals surface area contributed by atoms with Crippen LogP contribution in [0.25, 0.3) is 0 Å². The lowest BCUT2D eigenvalue weighted by molar-refractivity contribution is -0.131. The third-order valence-corrected chi connectivity index (χ3v) is 7.48. The molecule has 4 aromatic rings. The van der Waals surface area contributed by atoms with E-state index in [9.17, 15) is 9.90 Å². The molecule has 0 radical (unpaired) electrons. The molecule has 1 aromatic heterocycles. The molecule has 192 valence electrons. The van der Waals surface area contributed by atoms with Gasteiger partial charge in [-0.25, -0.2) is 10.9 Å². The molecule has 7 nitrogen and oxygen atoms in total. The largest absolute Gasteiger partial charge is 0.507 e. The number of benzene rings is 3. The van der Waals surface area contributed by atoms with Crippen LogP contribution in [-0.4, -0.2) is 26.9 Å². The van der Waals surface area contributed by atoms with E-state index in [0.29, 0.717) is 12.3 Å². The minimum atomic E-state index is -0.444. The number of hydrazine groups is 1. The molecule has 0 bridgehead atoms. The summed E-state index contributed by atoms with van der Waals surface area (Å²) in [6.07, 6.45) is 3.53. The molecule has 4 atom stereocenters. The Kier molecular flexibility index (Phi) is 6.31. The molecule has 38 heavy (non-hydrogen) atoms. The van der Waals surface area contributed by atoms with Crippen molar-refractivity contribution < 1.29 is 14.6 Å². The van der Waals surface area contributed by atoms with E-state index in [1.807, 2.05) is 97.6 Å². The summed E-state index contributed by atoms with van der Waals surface area (Å²) in [5.41, 5.74) is 11.2. The fourth-order valence-electron chi connectivity index (χ4n) is 5.85. The van der Waals surface area contributed by atoms with Gasteiger partial charge in [0.2, 0.25) is 5.91 Å². The van der Waals surface area contributed by atoms with E-state index in [4.69, 9.17) is 4.74 Å². The van der Waals surface area contributed by atoms with Crippen LogP contribution in [0, 0.1) is 19.8 Å². The number of aromatic nitrogens is 1. The number of aromatic hydroxyl groups is 1. The molecule has 2 fully saturated rings. The van der Waals surface area contributed by atoms with Gasteiger partial charge in [-0.15, -0.1) is 0 Å². The number of pyridine rings is 1. The zero-order chi connectivity index (χ0) is 26.2. The molecule has 7 heteroatoms. The predicted octanol–water partition coefficient (Wildman–Crippen LogP) is 5.11. The van der Waals surface area contributed by atoms with Gasteiger partial charge in [0, 0.05) is 30.4 Å². The number of para-hydroxylation sites is 1. The third-order valence-electron chi connectivity index (χ3n) is 7.48. The average molecular weight is 507 g/mol. The molecule has 0 aliphatic carbocycles. The second kappa shape index (κ2) is 9.93. The van der Waals surface area contributed by atoms with Crippen molar-refractivity contribution in [1.29, 1.82) is 0 Å². The van der Waals surface area contributed by atoms with Gasteiger partial charge in [-0.05, 0) is 60.9 Å². The van der Waals surface area contributed by atoms with Crippen molar-refractivity contribution in [2.75, 3.05) is 0 Å². The van der Waals surface area contributed by atoms with Crippen molar-refractivity contribution >= 4 is 5.91 Å². The van der Waals surface area contributed by atoms with E-state index in [1.165, 1.54) is 0 Å². The molecular formula is C31H30N4O3. The van der Waals surface area contributed by atoms with Crippen LogP contribution in [0.2, 0.25) is 0 Å². The molecule has 3 heterocycles. The van der Waals surface area contributed by atoms with Crippen LogP contribution in [0.1, 0.15) is 39.9 Å². The van der Waals surface area contributed by atoms with E-state index in [2.05, 4.69) is 15.8 Å². The Bertz CT molecular complexity index is 1460. The minimum Gasteiger partial charge on any atom is -0.507 e. The molecule has 3 aromatic carbocycles. The number of nitrogens with zero attached hydrogens (tertiary/aromatic N) is 2. The smallest absolute Gasteiger partial charge is 0.242 e. The van der Waals surface area contributed by atoms with Crippen LogP contribution in [0.3, 0.4) is 0 Å². The van der Waals surface area contributed by atoms with E-state index in [0.717, 1.165) is 33.6 Å². The molecule has 2 aliphatic heterocycles. The fraction of sp³-hybridized carbons (Fsp3) is 0.226. The first-order valence-corrected chi connectivity index (χ1v) is 12.8. The quantitative estimate of drug-likeness (QED) is 0.337. The monoisotopic (exact) mass is 506 g/mol. The number of phenolic OH excluding ortho intramolecular Hbond substituents is 1. The number of carbonyl (C=O) groups excluding carboxylic acids is 1. The number of amides is 1. The second-order valence-corrected chi connectivity index (χ2v) is 10.1. The summed E-state index contributed by atoms with van der Waals surface area (Å²) in [5, 5.41) is 11.0. The molecule has 2 saturated heterocycles. The lowest BCUT2D eigenvalue weighted by Crippen LogP contribution is -2.41. The Hall–Kier alpha value is -4.20. The standard InChI is InChI=1S/C31H30N4O3/c1-19-14-20(2)30(36)25(15-19)27-26-28(34-33-27)31(37)35(18-21-8-7-13-32-17-21)29(26)22-9-6-12-24(16-22)38-23-10-4-3-5-11-23/h3-17,26-29,33-34,36H,18H2,1-2H3. The lowest BCUT2D eigenvalue weighted by atomic mass is 9.82. The first-order chi connectivity index (χ1) is 18.5. The van der Waals surface area contributed by atoms with Crippen LogP contribution < -0.4 is 15.6 Å². The van der Waals surface area contributed by atoms with Gasteiger partial charge in [-0.2, -0.15) is 0 Å². The summed E-state index contributed by atoms with van der Waals surface area (Å²) in [7, 11) is 0. The number of aryl methyl sites for hydroxylation is 2. The highest BCUT2D eigenvalue weighted by molar-refractivity contribution is 5.86. The Morgan fingerprint density at radius 2 is 1.71 bits per heavy atom. The number of rotatable bonds is 6. The highest BCUT2D eigenvalue weighted by Crippen LogP contribution is 2.50. The summed E-state index contributed by atoms with van der Waals surface area (Å²) in [6.45, 7) is 4.36. The van der Waals surface area contributed by atoms with Crippen molar-refractivity contribution in [3.8, 4) is 17.2 Å². The number of carbonyl (C=O) groups is 1. The summed E-state index contributed by atoms with van der Waals surface area (Å²) in [5.74, 6) is 1.55. The molecule has 3 N–H and O–H groups in total. The highest BCUT2D eigenvalue weighted by atomic mass is 16.5. The molecular weight excluding hydrogens is 476 g/mol. The summed E-state index contributed by atoms with van der Waals surface area (Å²) in [6, 6.07) is 24.5. The number of nitrogens with one attached hydrogen (secondary N) is 2. The van der Waals surface area contributed by atoms with Crippen molar-refractivity contribution in [3.05, 3.63) is 119 Å². The van der Waals surface area contributed by atoms with E-state index in [-0.39, 0.29) is 29.7 Å². The van der Waals surface area contributed by atoms with Gasteiger partial charge in [0.25, 0.3) is 0 Å². The minimum absolute atomic E-state index is 0.0112. The van der Waals surface area contributed by atoms with Crippen LogP contribution in [0.5, 0.6) is 17.2 Å². The topological polar surface area (TPSA) is 86.7 Å². The first kappa shape index (κ1) is 24.2. The fourth-order valence-corrected chi connectivity index (χ4v) is 5.85. The Labute approximate surface area is 222 Å². The third kappa shape index (κ3) is 4.40. The number of ether oxygens (including phenoxy) is 1. The average Bonchev–Trinajstić information content (AvgIpc) is 3.46. The van der Waals surface area contributed by atoms with E-state index < -0.39 is 6.04 Å². The summed E-state index contributed by atoms with van der Waals surface area (Å²) >= 11 is 0. The van der Waals surface area contributed by atoms with E-state index in [1.54, 1.807) is 12.4 Å². The van der Waals surface area contributed by atoms with Crippen LogP contribution in [-0.2, 0) is 11.3 Å². The Balaban J connectivity index is 1.43. The zero-order valence-electron chi connectivity index (χ0n) is 21.3. The highest BCUT2D eigenvalue weighted by Gasteiger charge is 2.56. The molecule has 6 rings (SSSR count). The zero-order valence-corrected chi connectivity index (χ0v) is 21.3. The van der Waals surface area contributed by atoms with Crippen molar-refractivity contribution in [3.63, 3.8) is 0 Å². The van der Waals surface area contributed by atoms with Gasteiger partial charge in [-0.1, -0.05) is 54.1 Å². The van der Waals surface area contributed by atoms with Crippen molar-refractivity contribution in [2.24, 2.45) is 5.92 Å². The Morgan fingerprint density at radius 1 is 0.921 bits per heavy atom. The number of likely N-dealkylation sites (tertiary alicyclic amines) is 1. The second-order valence-electron chi connectivity index (χ2n) is 10.1. The van der Waals surface area contributed by atoms with Gasteiger partial charge in [0.1, 0.15) is 23.3 Å². The summed E-state index contributed by atoms with van der Waals surface area (Å²) in [4.78, 5) is 20.0. The van der Waals surface area contributed by atoms with Crippen molar-refractivity contribution in [1.82, 2.24) is 20.7 Å². The lowest BCUT2D eigenvalue weighted by Gasteiger charge is -2.32. The van der Waals surface area contributed by atoms with Crippen LogP contribution in [0.4, 0.5) is 0 Å². The van der Waals surface area contributed by atoms with Crippen LogP contribution >= 0.6 is 0 Å². The van der Waals surface area contributed by atoms with Gasteiger partial charge < -0.3 is 14.7 Å². The van der Waals surface area contributed by atoms with Crippen LogP contribution in [0.15, 0.2) is 91.3 Å². The van der Waals surface area contributed by atoms with Gasteiger partial charge in [0.05, 0.1) is 12.1 Å². The number of hydrogen-bond acceptors (Lipinski definition) is 6. The normalized spacial score (nSPS) is 22.5.